The van der Waals surface area contributed by atoms with E-state index in [0.29, 0.717) is 17.8 Å². The highest BCUT2D eigenvalue weighted by atomic mass is 35.5. The van der Waals surface area contributed by atoms with E-state index in [4.69, 9.17) is 23.1 Å². The highest BCUT2D eigenvalue weighted by Gasteiger charge is 2.05. The third-order valence-electron chi connectivity index (χ3n) is 2.65. The molecule has 5 N–H and O–H groups in total. The number of anilines is 2. The topological polar surface area (TPSA) is 81.1 Å². The fraction of sp³-hybridized carbons (Fsp3) is 0.154. The predicted molar refractivity (Wildman–Crippen MR) is 80.9 cm³/mol. The average molecular weight is 296 g/mol. The summed E-state index contributed by atoms with van der Waals surface area (Å²) in [4.78, 5) is 12.3. The van der Waals surface area contributed by atoms with Crippen molar-refractivity contribution < 1.29 is 4.79 Å². The van der Waals surface area contributed by atoms with Crippen molar-refractivity contribution in [1.29, 1.82) is 0 Å². The second-order valence-corrected chi connectivity index (χ2v) is 5.85. The second kappa shape index (κ2) is 5.95. The number of nitrogens with one attached hydrogen (secondary N) is 1. The maximum absolute atomic E-state index is 11.1. The summed E-state index contributed by atoms with van der Waals surface area (Å²) in [6.45, 7) is 0.712. The third kappa shape index (κ3) is 3.62. The summed E-state index contributed by atoms with van der Waals surface area (Å²) in [6.07, 6.45) is 0.845. The molecule has 0 spiro atoms. The summed E-state index contributed by atoms with van der Waals surface area (Å²) < 4.78 is 0.783. The Morgan fingerprint density at radius 3 is 2.74 bits per heavy atom. The normalized spacial score (nSPS) is 10.4. The number of benzene rings is 1. The molecule has 4 nitrogen and oxygen atoms in total. The van der Waals surface area contributed by atoms with Gasteiger partial charge in [0.2, 0.25) is 5.91 Å². The van der Waals surface area contributed by atoms with Gasteiger partial charge < -0.3 is 16.8 Å². The quantitative estimate of drug-likeness (QED) is 0.742. The summed E-state index contributed by atoms with van der Waals surface area (Å²) >= 11 is 7.42. The third-order valence-corrected chi connectivity index (χ3v) is 3.94. The van der Waals surface area contributed by atoms with Gasteiger partial charge in [-0.15, -0.1) is 11.3 Å². The van der Waals surface area contributed by atoms with E-state index in [0.717, 1.165) is 16.4 Å². The Kier molecular flexibility index (Phi) is 4.29. The molecule has 0 bridgehead atoms. The lowest BCUT2D eigenvalue weighted by atomic mass is 10.1. The molecule has 0 saturated carbocycles. The van der Waals surface area contributed by atoms with Crippen molar-refractivity contribution in [2.45, 2.75) is 6.42 Å². The Morgan fingerprint density at radius 2 is 2.11 bits per heavy atom. The van der Waals surface area contributed by atoms with E-state index in [2.05, 4.69) is 5.32 Å². The number of amides is 1. The molecule has 100 valence electrons. The van der Waals surface area contributed by atoms with Crippen LogP contribution in [-0.4, -0.2) is 12.5 Å². The molecule has 0 aliphatic heterocycles. The highest BCUT2D eigenvalue weighted by Crippen LogP contribution is 2.23. The number of carbonyl (C=O) groups is 1. The molecule has 1 amide bonds. The first-order valence-electron chi connectivity index (χ1n) is 5.73. The fourth-order valence-corrected chi connectivity index (χ4v) is 2.76. The van der Waals surface area contributed by atoms with Crippen LogP contribution >= 0.6 is 22.9 Å². The van der Waals surface area contributed by atoms with Crippen LogP contribution in [0.5, 0.6) is 0 Å². The van der Waals surface area contributed by atoms with E-state index in [1.807, 2.05) is 12.1 Å². The number of carbonyl (C=O) groups excluding carboxylic acids is 1. The van der Waals surface area contributed by atoms with Crippen LogP contribution in [0.1, 0.15) is 15.2 Å². The SMILES string of the molecule is NC(=O)c1ccc(N)c(NCCc2ccc(Cl)s2)c1. The molecule has 0 aliphatic carbocycles. The van der Waals surface area contributed by atoms with Crippen molar-refractivity contribution in [2.75, 3.05) is 17.6 Å². The zero-order valence-electron chi connectivity index (χ0n) is 10.2. The zero-order valence-corrected chi connectivity index (χ0v) is 11.7. The number of rotatable bonds is 5. The summed E-state index contributed by atoms with van der Waals surface area (Å²) in [5.74, 6) is -0.465. The Labute approximate surface area is 120 Å². The molecule has 0 radical (unpaired) electrons. The standard InChI is InChI=1S/C13H14ClN3OS/c14-12-4-2-9(19-12)5-6-17-11-7-8(13(16)18)1-3-10(11)15/h1-4,7,17H,5-6,15H2,(H2,16,18). The minimum atomic E-state index is -0.465. The van der Waals surface area contributed by atoms with Gasteiger partial charge in [-0.25, -0.2) is 0 Å². The van der Waals surface area contributed by atoms with Crippen molar-refractivity contribution in [3.8, 4) is 0 Å². The van der Waals surface area contributed by atoms with Gasteiger partial charge in [-0.3, -0.25) is 4.79 Å². The molecule has 1 aromatic carbocycles. The monoisotopic (exact) mass is 295 g/mol. The number of nitrogens with two attached hydrogens (primary N) is 2. The Hall–Kier alpha value is -1.72. The summed E-state index contributed by atoms with van der Waals surface area (Å²) in [7, 11) is 0. The zero-order chi connectivity index (χ0) is 13.8. The molecule has 0 saturated heterocycles. The van der Waals surface area contributed by atoms with Gasteiger partial charge in [0.25, 0.3) is 0 Å². The van der Waals surface area contributed by atoms with Gasteiger partial charge in [0.05, 0.1) is 15.7 Å². The van der Waals surface area contributed by atoms with Crippen LogP contribution in [0.15, 0.2) is 30.3 Å². The van der Waals surface area contributed by atoms with E-state index >= 15 is 0 Å². The van der Waals surface area contributed by atoms with E-state index in [9.17, 15) is 4.79 Å². The number of thiophene rings is 1. The second-order valence-electron chi connectivity index (χ2n) is 4.05. The molecule has 0 atom stereocenters. The van der Waals surface area contributed by atoms with Gasteiger partial charge in [-0.05, 0) is 36.8 Å². The average Bonchev–Trinajstić information content (AvgIpc) is 2.77. The minimum absolute atomic E-state index is 0.441. The number of halogens is 1. The van der Waals surface area contributed by atoms with Crippen LogP contribution in [-0.2, 0) is 6.42 Å². The molecule has 1 aromatic heterocycles. The van der Waals surface area contributed by atoms with Crippen LogP contribution in [0.25, 0.3) is 0 Å². The number of nitrogen functional groups attached to an aromatic ring is 1. The largest absolute Gasteiger partial charge is 0.397 e. The fourth-order valence-electron chi connectivity index (χ4n) is 1.67. The van der Waals surface area contributed by atoms with Gasteiger partial charge in [-0.2, -0.15) is 0 Å². The van der Waals surface area contributed by atoms with Gasteiger partial charge in [0.15, 0.2) is 0 Å². The first kappa shape index (κ1) is 13.7. The van der Waals surface area contributed by atoms with E-state index in [1.165, 1.54) is 4.88 Å². The molecular formula is C13H14ClN3OS. The van der Waals surface area contributed by atoms with Crippen molar-refractivity contribution in [2.24, 2.45) is 5.73 Å². The lowest BCUT2D eigenvalue weighted by Gasteiger charge is -2.09. The molecule has 2 rings (SSSR count). The van der Waals surface area contributed by atoms with Crippen molar-refractivity contribution in [3.63, 3.8) is 0 Å². The lowest BCUT2D eigenvalue weighted by Crippen LogP contribution is -2.13. The number of hydrogen-bond donors (Lipinski definition) is 3. The predicted octanol–water partition coefficient (Wildman–Crippen LogP) is 2.74. The lowest BCUT2D eigenvalue weighted by molar-refractivity contribution is 0.100. The number of primary amides is 1. The van der Waals surface area contributed by atoms with Gasteiger partial charge in [0, 0.05) is 17.0 Å². The van der Waals surface area contributed by atoms with Gasteiger partial charge >= 0.3 is 0 Å². The van der Waals surface area contributed by atoms with Gasteiger partial charge in [0.1, 0.15) is 0 Å². The molecule has 0 unspecified atom stereocenters. The van der Waals surface area contributed by atoms with Crippen LogP contribution in [0.2, 0.25) is 4.34 Å². The van der Waals surface area contributed by atoms with Crippen LogP contribution < -0.4 is 16.8 Å². The minimum Gasteiger partial charge on any atom is -0.397 e. The molecule has 2 aromatic rings. The van der Waals surface area contributed by atoms with E-state index < -0.39 is 5.91 Å². The summed E-state index contributed by atoms with van der Waals surface area (Å²) in [5, 5.41) is 3.20. The Balaban J connectivity index is 1.99. The van der Waals surface area contributed by atoms with Crippen molar-refractivity contribution >= 4 is 40.2 Å². The van der Waals surface area contributed by atoms with Crippen LogP contribution in [0.3, 0.4) is 0 Å². The maximum atomic E-state index is 11.1. The first-order valence-corrected chi connectivity index (χ1v) is 6.93. The first-order chi connectivity index (χ1) is 9.06. The maximum Gasteiger partial charge on any atom is 0.248 e. The smallest absolute Gasteiger partial charge is 0.248 e. The van der Waals surface area contributed by atoms with Crippen LogP contribution in [0.4, 0.5) is 11.4 Å². The summed E-state index contributed by atoms with van der Waals surface area (Å²) in [5.41, 5.74) is 12.8. The van der Waals surface area contributed by atoms with Crippen molar-refractivity contribution in [3.05, 3.63) is 45.1 Å². The Morgan fingerprint density at radius 1 is 1.32 bits per heavy atom. The molecule has 0 aliphatic rings. The van der Waals surface area contributed by atoms with E-state index in [1.54, 1.807) is 29.5 Å². The Bertz CT molecular complexity index is 597. The van der Waals surface area contributed by atoms with Crippen LogP contribution in [0, 0.1) is 0 Å². The molecule has 1 heterocycles. The van der Waals surface area contributed by atoms with E-state index in [-0.39, 0.29) is 0 Å². The summed E-state index contributed by atoms with van der Waals surface area (Å²) in [6, 6.07) is 8.83. The molecule has 19 heavy (non-hydrogen) atoms. The molecule has 0 fully saturated rings. The molecular weight excluding hydrogens is 282 g/mol. The number of hydrogen-bond acceptors (Lipinski definition) is 4. The van der Waals surface area contributed by atoms with Crippen molar-refractivity contribution in [1.82, 2.24) is 0 Å². The molecule has 6 heteroatoms. The highest BCUT2D eigenvalue weighted by molar-refractivity contribution is 7.16. The van der Waals surface area contributed by atoms with Gasteiger partial charge in [-0.1, -0.05) is 11.6 Å².